The molecule has 0 aliphatic rings. The highest BCUT2D eigenvalue weighted by Gasteiger charge is 1.99. The zero-order valence-corrected chi connectivity index (χ0v) is 10.3. The zero-order valence-electron chi connectivity index (χ0n) is 10.3. The van der Waals surface area contributed by atoms with Gasteiger partial charge in [0.1, 0.15) is 17.3 Å². The third-order valence-corrected chi connectivity index (χ3v) is 2.73. The molecule has 0 saturated heterocycles. The molecule has 0 unspecified atom stereocenters. The lowest BCUT2D eigenvalue weighted by Crippen LogP contribution is -2.10. The first-order valence-corrected chi connectivity index (χ1v) is 5.90. The zero-order chi connectivity index (χ0) is 13.0. The van der Waals surface area contributed by atoms with Crippen LogP contribution in [0.1, 0.15) is 18.1 Å². The number of nitrogens with one attached hydrogen (secondary N) is 1. The molecule has 0 amide bonds. The Bertz CT molecular complexity index is 529. The van der Waals surface area contributed by atoms with Crippen LogP contribution in [0.15, 0.2) is 48.5 Å². The molecule has 0 aliphatic carbocycles. The van der Waals surface area contributed by atoms with Gasteiger partial charge in [0.05, 0.1) is 0 Å². The van der Waals surface area contributed by atoms with Gasteiger partial charge in [-0.25, -0.2) is 0 Å². The molecule has 0 heterocycles. The van der Waals surface area contributed by atoms with Gasteiger partial charge in [0.2, 0.25) is 0 Å². The molecule has 0 saturated carbocycles. The van der Waals surface area contributed by atoms with Crippen molar-refractivity contribution in [3.8, 4) is 11.5 Å². The minimum absolute atomic E-state index is 0.0637. The number of amidine groups is 1. The van der Waals surface area contributed by atoms with Gasteiger partial charge in [-0.15, -0.1) is 0 Å². The first-order chi connectivity index (χ1) is 8.69. The highest BCUT2D eigenvalue weighted by atomic mass is 16.5. The first-order valence-electron chi connectivity index (χ1n) is 5.90. The molecule has 2 rings (SSSR count). The quantitative estimate of drug-likeness (QED) is 0.636. The van der Waals surface area contributed by atoms with Crippen LogP contribution in [0.2, 0.25) is 0 Å². The maximum Gasteiger partial charge on any atom is 0.127 e. The summed E-state index contributed by atoms with van der Waals surface area (Å²) < 4.78 is 5.70. The van der Waals surface area contributed by atoms with Crippen LogP contribution in [0.5, 0.6) is 11.5 Å². The van der Waals surface area contributed by atoms with Crippen molar-refractivity contribution < 1.29 is 4.74 Å². The molecule has 18 heavy (non-hydrogen) atoms. The van der Waals surface area contributed by atoms with Gasteiger partial charge >= 0.3 is 0 Å². The van der Waals surface area contributed by atoms with Gasteiger partial charge in [-0.3, -0.25) is 5.41 Å². The minimum atomic E-state index is 0.0637. The summed E-state index contributed by atoms with van der Waals surface area (Å²) in [4.78, 5) is 0. The van der Waals surface area contributed by atoms with E-state index in [2.05, 4.69) is 19.1 Å². The molecule has 0 aromatic heterocycles. The second kappa shape index (κ2) is 5.36. The van der Waals surface area contributed by atoms with E-state index in [9.17, 15) is 0 Å². The fourth-order valence-electron chi connectivity index (χ4n) is 1.63. The molecule has 3 heteroatoms. The van der Waals surface area contributed by atoms with Crippen molar-refractivity contribution in [1.82, 2.24) is 0 Å². The molecule has 0 aliphatic heterocycles. The Morgan fingerprint density at radius 3 is 1.94 bits per heavy atom. The molecule has 0 bridgehead atoms. The number of aryl methyl sites for hydroxylation is 1. The lowest BCUT2D eigenvalue weighted by molar-refractivity contribution is 0.482. The second-order valence-corrected chi connectivity index (χ2v) is 4.04. The smallest absolute Gasteiger partial charge is 0.127 e. The molecule has 0 atom stereocenters. The van der Waals surface area contributed by atoms with Crippen LogP contribution in [0, 0.1) is 5.41 Å². The van der Waals surface area contributed by atoms with Crippen LogP contribution in [0.25, 0.3) is 0 Å². The lowest BCUT2D eigenvalue weighted by Gasteiger charge is -2.07. The van der Waals surface area contributed by atoms with E-state index in [4.69, 9.17) is 15.9 Å². The van der Waals surface area contributed by atoms with Crippen molar-refractivity contribution in [2.75, 3.05) is 0 Å². The number of hydrogen-bond acceptors (Lipinski definition) is 2. The highest BCUT2D eigenvalue weighted by Crippen LogP contribution is 2.22. The molecular weight excluding hydrogens is 224 g/mol. The van der Waals surface area contributed by atoms with Crippen LogP contribution in [-0.4, -0.2) is 5.84 Å². The Morgan fingerprint density at radius 1 is 1.00 bits per heavy atom. The SMILES string of the molecule is CCc1ccc(Oc2ccc(C(=N)N)cc2)cc1. The topological polar surface area (TPSA) is 59.1 Å². The Morgan fingerprint density at radius 2 is 1.50 bits per heavy atom. The average Bonchev–Trinajstić information content (AvgIpc) is 2.40. The van der Waals surface area contributed by atoms with Crippen molar-refractivity contribution in [3.63, 3.8) is 0 Å². The normalized spacial score (nSPS) is 10.1. The van der Waals surface area contributed by atoms with Crippen LogP contribution >= 0.6 is 0 Å². The predicted octanol–water partition coefficient (Wildman–Crippen LogP) is 3.33. The van der Waals surface area contributed by atoms with E-state index in [1.807, 2.05) is 24.3 Å². The van der Waals surface area contributed by atoms with Crippen molar-refractivity contribution in [3.05, 3.63) is 59.7 Å². The van der Waals surface area contributed by atoms with E-state index in [1.165, 1.54) is 5.56 Å². The van der Waals surface area contributed by atoms with Crippen molar-refractivity contribution in [2.45, 2.75) is 13.3 Å². The van der Waals surface area contributed by atoms with Gasteiger partial charge in [0, 0.05) is 5.56 Å². The van der Waals surface area contributed by atoms with Crippen molar-refractivity contribution >= 4 is 5.84 Å². The fraction of sp³-hybridized carbons (Fsp3) is 0.133. The van der Waals surface area contributed by atoms with E-state index >= 15 is 0 Å². The summed E-state index contributed by atoms with van der Waals surface area (Å²) in [6.45, 7) is 2.12. The van der Waals surface area contributed by atoms with Gasteiger partial charge < -0.3 is 10.5 Å². The Kier molecular flexibility index (Phi) is 3.63. The van der Waals surface area contributed by atoms with Crippen LogP contribution in [0.3, 0.4) is 0 Å². The molecule has 2 aromatic rings. The van der Waals surface area contributed by atoms with Crippen molar-refractivity contribution in [1.29, 1.82) is 5.41 Å². The number of nitrogens with two attached hydrogens (primary N) is 1. The van der Waals surface area contributed by atoms with Crippen LogP contribution in [0.4, 0.5) is 0 Å². The summed E-state index contributed by atoms with van der Waals surface area (Å²) in [6.07, 6.45) is 1.02. The molecule has 2 aromatic carbocycles. The van der Waals surface area contributed by atoms with Gasteiger partial charge in [0.25, 0.3) is 0 Å². The van der Waals surface area contributed by atoms with E-state index < -0.39 is 0 Å². The monoisotopic (exact) mass is 240 g/mol. The number of nitrogen functional groups attached to an aromatic ring is 1. The standard InChI is InChI=1S/C15H16N2O/c1-2-11-3-7-13(8-4-11)18-14-9-5-12(6-10-14)15(16)17/h3-10H,2H2,1H3,(H3,16,17). The summed E-state index contributed by atoms with van der Waals surface area (Å²) >= 11 is 0. The third-order valence-electron chi connectivity index (χ3n) is 2.73. The lowest BCUT2D eigenvalue weighted by atomic mass is 10.2. The number of hydrogen-bond donors (Lipinski definition) is 2. The number of ether oxygens (including phenoxy) is 1. The second-order valence-electron chi connectivity index (χ2n) is 4.04. The van der Waals surface area contributed by atoms with E-state index in [0.717, 1.165) is 17.9 Å². The molecule has 0 fully saturated rings. The Balaban J connectivity index is 2.10. The van der Waals surface area contributed by atoms with Crippen molar-refractivity contribution in [2.24, 2.45) is 5.73 Å². The van der Waals surface area contributed by atoms with E-state index in [-0.39, 0.29) is 5.84 Å². The number of rotatable bonds is 4. The first kappa shape index (κ1) is 12.2. The summed E-state index contributed by atoms with van der Waals surface area (Å²) in [5.74, 6) is 1.61. The molecule has 3 nitrogen and oxygen atoms in total. The predicted molar refractivity (Wildman–Crippen MR) is 73.4 cm³/mol. The van der Waals surface area contributed by atoms with Gasteiger partial charge in [-0.05, 0) is 48.4 Å². The molecule has 92 valence electrons. The largest absolute Gasteiger partial charge is 0.457 e. The highest BCUT2D eigenvalue weighted by molar-refractivity contribution is 5.94. The van der Waals surface area contributed by atoms with E-state index in [1.54, 1.807) is 12.1 Å². The average molecular weight is 240 g/mol. The minimum Gasteiger partial charge on any atom is -0.457 e. The third kappa shape index (κ3) is 2.88. The molecule has 0 radical (unpaired) electrons. The molecule has 0 spiro atoms. The maximum atomic E-state index is 7.31. The summed E-state index contributed by atoms with van der Waals surface area (Å²) in [5.41, 5.74) is 7.38. The summed E-state index contributed by atoms with van der Waals surface area (Å²) in [7, 11) is 0. The number of benzene rings is 2. The van der Waals surface area contributed by atoms with E-state index in [0.29, 0.717) is 5.56 Å². The summed E-state index contributed by atoms with van der Waals surface area (Å²) in [6, 6.07) is 15.2. The fourth-order valence-corrected chi connectivity index (χ4v) is 1.63. The maximum absolute atomic E-state index is 7.31. The van der Waals surface area contributed by atoms with Gasteiger partial charge in [-0.2, -0.15) is 0 Å². The Hall–Kier alpha value is -2.29. The van der Waals surface area contributed by atoms with Gasteiger partial charge in [-0.1, -0.05) is 19.1 Å². The molecule has 3 N–H and O–H groups in total. The van der Waals surface area contributed by atoms with Crippen LogP contribution < -0.4 is 10.5 Å². The molecular formula is C15H16N2O. The summed E-state index contributed by atoms with van der Waals surface area (Å²) in [5, 5.41) is 7.31. The van der Waals surface area contributed by atoms with Gasteiger partial charge in [0.15, 0.2) is 0 Å². The Labute approximate surface area is 107 Å². The van der Waals surface area contributed by atoms with Crippen LogP contribution in [-0.2, 0) is 6.42 Å².